The molecular weight excluding hydrogens is 298 g/mol. The molecule has 1 unspecified atom stereocenters. The highest BCUT2D eigenvalue weighted by Gasteiger charge is 2.25. The molecule has 0 radical (unpaired) electrons. The molecule has 1 aliphatic rings. The summed E-state index contributed by atoms with van der Waals surface area (Å²) in [6.07, 6.45) is 11.6. The minimum Gasteiger partial charge on any atom is -0.461 e. The Bertz CT molecular complexity index is 550. The van der Waals surface area contributed by atoms with E-state index in [1.807, 2.05) is 24.3 Å². The van der Waals surface area contributed by atoms with Crippen LogP contribution in [0.15, 0.2) is 24.3 Å². The molecule has 1 N–H and O–H groups in total. The van der Waals surface area contributed by atoms with Crippen molar-refractivity contribution in [1.82, 2.24) is 5.32 Å². The Morgan fingerprint density at radius 2 is 1.96 bits per heavy atom. The molecule has 1 aromatic rings. The number of carbonyl (C=O) groups is 1. The third kappa shape index (κ3) is 6.02. The Kier molecular flexibility index (Phi) is 7.34. The quantitative estimate of drug-likeness (QED) is 0.584. The molecule has 1 aromatic carbocycles. The van der Waals surface area contributed by atoms with E-state index >= 15 is 0 Å². The first-order valence-electron chi connectivity index (χ1n) is 9.08. The van der Waals surface area contributed by atoms with Crippen LogP contribution in [0.2, 0.25) is 0 Å². The highest BCUT2D eigenvalue weighted by molar-refractivity contribution is 5.76. The number of ether oxygens (including phenoxy) is 1. The lowest BCUT2D eigenvalue weighted by atomic mass is 10.0. The van der Waals surface area contributed by atoms with Crippen molar-refractivity contribution in [3.05, 3.63) is 35.4 Å². The third-order valence-corrected chi connectivity index (χ3v) is 4.50. The predicted molar refractivity (Wildman–Crippen MR) is 97.7 cm³/mol. The summed E-state index contributed by atoms with van der Waals surface area (Å²) in [5.41, 5.74) is 2.11. The zero-order chi connectivity index (χ0) is 17.4. The van der Waals surface area contributed by atoms with Crippen molar-refractivity contribution in [2.45, 2.75) is 64.5 Å². The first-order valence-corrected chi connectivity index (χ1v) is 9.08. The second kappa shape index (κ2) is 9.49. The summed E-state index contributed by atoms with van der Waals surface area (Å²) in [4.78, 5) is 12.5. The molecule has 1 saturated carbocycles. The van der Waals surface area contributed by atoms with E-state index in [1.54, 1.807) is 0 Å². The number of esters is 1. The van der Waals surface area contributed by atoms with E-state index in [1.165, 1.54) is 18.4 Å². The fraction of sp³-hybridized carbons (Fsp3) is 0.571. The normalized spacial score (nSPS) is 16.1. The first kappa shape index (κ1) is 18.5. The van der Waals surface area contributed by atoms with E-state index in [4.69, 9.17) is 11.2 Å². The van der Waals surface area contributed by atoms with Crippen LogP contribution in [0.4, 0.5) is 0 Å². The molecule has 2 rings (SSSR count). The van der Waals surface area contributed by atoms with Crippen LogP contribution in [0.1, 0.15) is 57.1 Å². The van der Waals surface area contributed by atoms with Gasteiger partial charge in [-0.3, -0.25) is 4.79 Å². The highest BCUT2D eigenvalue weighted by atomic mass is 16.5. The van der Waals surface area contributed by atoms with E-state index in [0.29, 0.717) is 5.92 Å². The van der Waals surface area contributed by atoms with Crippen LogP contribution in [0.3, 0.4) is 0 Å². The van der Waals surface area contributed by atoms with Crippen molar-refractivity contribution >= 4 is 5.97 Å². The molecule has 3 heteroatoms. The van der Waals surface area contributed by atoms with Gasteiger partial charge in [0.25, 0.3) is 0 Å². The number of nitrogens with one attached hydrogen (secondary N) is 1. The summed E-state index contributed by atoms with van der Waals surface area (Å²) in [6, 6.07) is 7.79. The second-order valence-electron chi connectivity index (χ2n) is 7.07. The minimum atomic E-state index is -0.212. The van der Waals surface area contributed by atoms with Crippen molar-refractivity contribution in [1.29, 1.82) is 0 Å². The van der Waals surface area contributed by atoms with Crippen LogP contribution in [0, 0.1) is 18.3 Å². The summed E-state index contributed by atoms with van der Waals surface area (Å²) < 4.78 is 5.68. The fourth-order valence-corrected chi connectivity index (χ4v) is 3.15. The maximum Gasteiger partial charge on any atom is 0.323 e. The number of benzene rings is 1. The third-order valence-electron chi connectivity index (χ3n) is 4.50. The van der Waals surface area contributed by atoms with E-state index in [0.717, 1.165) is 37.8 Å². The van der Waals surface area contributed by atoms with Gasteiger partial charge in [-0.15, -0.1) is 6.42 Å². The second-order valence-corrected chi connectivity index (χ2v) is 7.07. The molecule has 3 nitrogen and oxygen atoms in total. The number of hydrogen-bond acceptors (Lipinski definition) is 3. The summed E-state index contributed by atoms with van der Waals surface area (Å²) >= 11 is 0. The summed E-state index contributed by atoms with van der Waals surface area (Å²) in [7, 11) is 0. The number of terminal acetylenes is 1. The lowest BCUT2D eigenvalue weighted by Gasteiger charge is -2.21. The zero-order valence-corrected chi connectivity index (χ0v) is 14.9. The van der Waals surface area contributed by atoms with Crippen LogP contribution < -0.4 is 5.32 Å². The van der Waals surface area contributed by atoms with E-state index in [9.17, 15) is 4.79 Å². The van der Waals surface area contributed by atoms with Gasteiger partial charge in [-0.2, -0.15) is 0 Å². The smallest absolute Gasteiger partial charge is 0.323 e. The van der Waals surface area contributed by atoms with Crippen LogP contribution in [-0.4, -0.2) is 24.7 Å². The zero-order valence-electron chi connectivity index (χ0n) is 14.9. The molecule has 130 valence electrons. The van der Waals surface area contributed by atoms with E-state index in [2.05, 4.69) is 25.1 Å². The fourth-order valence-electron chi connectivity index (χ4n) is 3.15. The Hall–Kier alpha value is -1.79. The van der Waals surface area contributed by atoms with Crippen molar-refractivity contribution in [2.24, 2.45) is 5.92 Å². The van der Waals surface area contributed by atoms with Crippen molar-refractivity contribution in [3.8, 4) is 12.3 Å². The summed E-state index contributed by atoms with van der Waals surface area (Å²) in [6.45, 7) is 5.03. The average molecular weight is 327 g/mol. The molecular formula is C21H29NO2. The Morgan fingerprint density at radius 3 is 2.54 bits per heavy atom. The topological polar surface area (TPSA) is 38.3 Å². The number of hydrogen-bond donors (Lipinski definition) is 1. The molecule has 0 bridgehead atoms. The molecule has 0 amide bonds. The van der Waals surface area contributed by atoms with Gasteiger partial charge in [0, 0.05) is 5.56 Å². The summed E-state index contributed by atoms with van der Waals surface area (Å²) in [5, 5.41) is 3.39. The van der Waals surface area contributed by atoms with Gasteiger partial charge in [-0.05, 0) is 68.7 Å². The van der Waals surface area contributed by atoms with Gasteiger partial charge >= 0.3 is 5.97 Å². The number of rotatable bonds is 8. The molecule has 0 spiro atoms. The maximum atomic E-state index is 12.5. The lowest BCUT2D eigenvalue weighted by Crippen LogP contribution is -2.41. The molecule has 0 aromatic heterocycles. The van der Waals surface area contributed by atoms with Gasteiger partial charge in [0.15, 0.2) is 0 Å². The van der Waals surface area contributed by atoms with Gasteiger partial charge in [0.05, 0.1) is 0 Å². The van der Waals surface area contributed by atoms with Gasteiger partial charge in [-0.25, -0.2) is 0 Å². The molecule has 1 aliphatic carbocycles. The summed E-state index contributed by atoms with van der Waals surface area (Å²) in [5.74, 6) is 2.99. The molecule has 0 heterocycles. The van der Waals surface area contributed by atoms with Crippen LogP contribution >= 0.6 is 0 Å². The van der Waals surface area contributed by atoms with E-state index < -0.39 is 0 Å². The van der Waals surface area contributed by atoms with Gasteiger partial charge in [0.2, 0.25) is 0 Å². The monoisotopic (exact) mass is 327 g/mol. The Balaban J connectivity index is 1.83. The Labute approximate surface area is 146 Å². The average Bonchev–Trinajstić information content (AvgIpc) is 3.07. The van der Waals surface area contributed by atoms with Crippen molar-refractivity contribution < 1.29 is 9.53 Å². The standard InChI is InChI=1S/C21H29NO2/c1-4-17-9-11-18(12-10-17)13-14-22-20(15-16(2)3)21(23)24-19-7-5-6-8-19/h1,9-12,16,19-20,22H,5-8,13-15H2,2-3H3. The largest absolute Gasteiger partial charge is 0.461 e. The minimum absolute atomic E-state index is 0.0849. The lowest BCUT2D eigenvalue weighted by molar-refractivity contribution is -0.151. The van der Waals surface area contributed by atoms with Gasteiger partial charge < -0.3 is 10.1 Å². The molecule has 1 atom stereocenters. The van der Waals surface area contributed by atoms with Gasteiger partial charge in [0.1, 0.15) is 12.1 Å². The van der Waals surface area contributed by atoms with Crippen molar-refractivity contribution in [2.75, 3.05) is 6.54 Å². The molecule has 0 saturated heterocycles. The predicted octanol–water partition coefficient (Wildman–Crippen LogP) is 3.70. The molecule has 1 fully saturated rings. The number of carbonyl (C=O) groups excluding carboxylic acids is 1. The van der Waals surface area contributed by atoms with Gasteiger partial charge in [-0.1, -0.05) is 31.9 Å². The Morgan fingerprint density at radius 1 is 1.29 bits per heavy atom. The SMILES string of the molecule is C#Cc1ccc(CCNC(CC(C)C)C(=O)OC2CCCC2)cc1. The molecule has 24 heavy (non-hydrogen) atoms. The molecule has 0 aliphatic heterocycles. The van der Waals surface area contributed by atoms with Crippen LogP contribution in [0.25, 0.3) is 0 Å². The van der Waals surface area contributed by atoms with Crippen molar-refractivity contribution in [3.63, 3.8) is 0 Å². The first-order chi connectivity index (χ1) is 11.6. The van der Waals surface area contributed by atoms with Crippen LogP contribution in [-0.2, 0) is 16.0 Å². The maximum absolute atomic E-state index is 12.5. The highest BCUT2D eigenvalue weighted by Crippen LogP contribution is 2.22. The van der Waals surface area contributed by atoms with E-state index in [-0.39, 0.29) is 18.1 Å². The van der Waals surface area contributed by atoms with Crippen LogP contribution in [0.5, 0.6) is 0 Å².